The predicted octanol–water partition coefficient (Wildman–Crippen LogP) is 4.85. The summed E-state index contributed by atoms with van der Waals surface area (Å²) in [6, 6.07) is 6.37. The Kier molecular flexibility index (Phi) is 5.16. The number of carbonyl (C=O) groups excluding carboxylic acids is 1. The highest BCUT2D eigenvalue weighted by atomic mass is 35.5. The van der Waals surface area contributed by atoms with Crippen LogP contribution in [0, 0.1) is 0 Å². The van der Waals surface area contributed by atoms with Gasteiger partial charge in [0.15, 0.2) is 10.2 Å². The van der Waals surface area contributed by atoms with E-state index in [-0.39, 0.29) is 10.6 Å². The molecule has 1 amide bonds. The molecule has 9 heteroatoms. The van der Waals surface area contributed by atoms with E-state index in [4.69, 9.17) is 16.3 Å². The van der Waals surface area contributed by atoms with Crippen molar-refractivity contribution in [3.8, 4) is 5.75 Å². The van der Waals surface area contributed by atoms with E-state index >= 15 is 0 Å². The van der Waals surface area contributed by atoms with E-state index in [9.17, 15) is 18.0 Å². The van der Waals surface area contributed by atoms with Gasteiger partial charge in [0.1, 0.15) is 10.6 Å². The second kappa shape index (κ2) is 6.76. The van der Waals surface area contributed by atoms with E-state index in [1.165, 1.54) is 6.07 Å². The fraction of sp³-hybridized carbons (Fsp3) is 0.286. The molecule has 0 atom stereocenters. The molecule has 2 rings (SSSR count). The third-order valence-electron chi connectivity index (χ3n) is 2.54. The first-order chi connectivity index (χ1) is 10.7. The van der Waals surface area contributed by atoms with E-state index in [1.807, 2.05) is 13.8 Å². The molecule has 0 aliphatic carbocycles. The summed E-state index contributed by atoms with van der Waals surface area (Å²) in [5.41, 5.74) is -0.981. The van der Waals surface area contributed by atoms with E-state index in [1.54, 1.807) is 18.2 Å². The van der Waals surface area contributed by atoms with E-state index < -0.39 is 22.7 Å². The van der Waals surface area contributed by atoms with Crippen LogP contribution in [0.25, 0.3) is 0 Å². The minimum absolute atomic E-state index is 0.0712. The van der Waals surface area contributed by atoms with Crippen LogP contribution in [-0.2, 0) is 6.18 Å². The summed E-state index contributed by atoms with van der Waals surface area (Å²) in [5.74, 6) is -0.431. The third-order valence-corrected chi connectivity index (χ3v) is 3.70. The van der Waals surface area contributed by atoms with Gasteiger partial charge in [-0.3, -0.25) is 4.79 Å². The number of hydrogen-bond acceptors (Lipinski definition) is 4. The monoisotopic (exact) mass is 364 g/mol. The SMILES string of the molecule is CC(C)Oc1cccc(NC(=O)c2sc(Cl)nc2C(F)(F)F)c1. The molecule has 1 heterocycles. The predicted molar refractivity (Wildman–Crippen MR) is 82.3 cm³/mol. The zero-order valence-electron chi connectivity index (χ0n) is 12.1. The number of amides is 1. The summed E-state index contributed by atoms with van der Waals surface area (Å²) in [6.07, 6.45) is -4.82. The normalized spacial score (nSPS) is 11.6. The first-order valence-corrected chi connectivity index (χ1v) is 7.68. The molecule has 0 fully saturated rings. The highest BCUT2D eigenvalue weighted by Gasteiger charge is 2.39. The number of benzene rings is 1. The molecular formula is C14H12ClF3N2O2S. The van der Waals surface area contributed by atoms with Crippen LogP contribution in [0.1, 0.15) is 29.2 Å². The van der Waals surface area contributed by atoms with Gasteiger partial charge in [0.2, 0.25) is 0 Å². The van der Waals surface area contributed by atoms with Crippen LogP contribution in [0.4, 0.5) is 18.9 Å². The number of alkyl halides is 3. The van der Waals surface area contributed by atoms with E-state index in [2.05, 4.69) is 10.3 Å². The summed E-state index contributed by atoms with van der Waals surface area (Å²) in [6.45, 7) is 3.67. The van der Waals surface area contributed by atoms with Gasteiger partial charge >= 0.3 is 6.18 Å². The van der Waals surface area contributed by atoms with Gasteiger partial charge in [-0.2, -0.15) is 13.2 Å². The summed E-state index contributed by atoms with van der Waals surface area (Å²) < 4.78 is 43.7. The van der Waals surface area contributed by atoms with Crippen molar-refractivity contribution in [2.24, 2.45) is 0 Å². The molecule has 0 saturated carbocycles. The molecule has 0 aliphatic rings. The molecule has 1 aromatic carbocycles. The van der Waals surface area contributed by atoms with E-state index in [0.717, 1.165) is 0 Å². The number of aromatic nitrogens is 1. The lowest BCUT2D eigenvalue weighted by molar-refractivity contribution is -0.141. The van der Waals surface area contributed by atoms with Crippen molar-refractivity contribution in [1.82, 2.24) is 4.98 Å². The zero-order chi connectivity index (χ0) is 17.2. The molecule has 1 aromatic heterocycles. The van der Waals surface area contributed by atoms with Crippen molar-refractivity contribution in [3.63, 3.8) is 0 Å². The van der Waals surface area contributed by atoms with Crippen LogP contribution < -0.4 is 10.1 Å². The Morgan fingerprint density at radius 1 is 1.39 bits per heavy atom. The lowest BCUT2D eigenvalue weighted by Crippen LogP contribution is -2.17. The van der Waals surface area contributed by atoms with Crippen LogP contribution >= 0.6 is 22.9 Å². The fourth-order valence-corrected chi connectivity index (χ4v) is 2.77. The number of nitrogens with one attached hydrogen (secondary N) is 1. The molecule has 0 unspecified atom stereocenters. The molecule has 0 bridgehead atoms. The lowest BCUT2D eigenvalue weighted by atomic mass is 10.2. The van der Waals surface area contributed by atoms with Crippen molar-refractivity contribution < 1.29 is 22.7 Å². The van der Waals surface area contributed by atoms with Crippen molar-refractivity contribution >= 4 is 34.5 Å². The van der Waals surface area contributed by atoms with Gasteiger partial charge in [0.05, 0.1) is 6.10 Å². The molecular weight excluding hydrogens is 353 g/mol. The second-order valence-corrected chi connectivity index (χ2v) is 6.37. The number of halogens is 4. The number of hydrogen-bond donors (Lipinski definition) is 1. The Hall–Kier alpha value is -1.80. The first kappa shape index (κ1) is 17.6. The molecule has 0 radical (unpaired) electrons. The molecule has 2 aromatic rings. The van der Waals surface area contributed by atoms with Crippen LogP contribution in [-0.4, -0.2) is 17.0 Å². The third kappa shape index (κ3) is 4.59. The number of carbonyl (C=O) groups is 1. The van der Waals surface area contributed by atoms with Gasteiger partial charge in [0, 0.05) is 11.8 Å². The highest BCUT2D eigenvalue weighted by molar-refractivity contribution is 7.17. The minimum Gasteiger partial charge on any atom is -0.491 e. The Morgan fingerprint density at radius 3 is 2.70 bits per heavy atom. The zero-order valence-corrected chi connectivity index (χ0v) is 13.6. The van der Waals surface area contributed by atoms with Crippen LogP contribution in [0.3, 0.4) is 0 Å². The number of nitrogens with zero attached hydrogens (tertiary/aromatic N) is 1. The molecule has 1 N–H and O–H groups in total. The van der Waals surface area contributed by atoms with Gasteiger partial charge < -0.3 is 10.1 Å². The van der Waals surface area contributed by atoms with Gasteiger partial charge in [-0.05, 0) is 26.0 Å². The number of anilines is 1. The molecule has 124 valence electrons. The number of rotatable bonds is 4. The van der Waals surface area contributed by atoms with Crippen LogP contribution in [0.2, 0.25) is 4.47 Å². The highest BCUT2D eigenvalue weighted by Crippen LogP contribution is 2.36. The average Bonchev–Trinajstić information content (AvgIpc) is 2.80. The van der Waals surface area contributed by atoms with Gasteiger partial charge in [-0.15, -0.1) is 0 Å². The van der Waals surface area contributed by atoms with Gasteiger partial charge in [-0.25, -0.2) is 4.98 Å². The lowest BCUT2D eigenvalue weighted by Gasteiger charge is -2.11. The first-order valence-electron chi connectivity index (χ1n) is 6.48. The van der Waals surface area contributed by atoms with Crippen LogP contribution in [0.5, 0.6) is 5.75 Å². The summed E-state index contributed by atoms with van der Waals surface area (Å²) in [5, 5.41) is 2.39. The standard InChI is InChI=1S/C14H12ClF3N2O2S/c1-7(2)22-9-5-3-4-8(6-9)19-12(21)10-11(14(16,17)18)20-13(15)23-10/h3-7H,1-2H3,(H,19,21). The van der Waals surface area contributed by atoms with Crippen molar-refractivity contribution in [2.75, 3.05) is 5.32 Å². The minimum atomic E-state index is -4.75. The summed E-state index contributed by atoms with van der Waals surface area (Å²) in [4.78, 5) is 14.7. The maximum atomic E-state index is 12.9. The smallest absolute Gasteiger partial charge is 0.435 e. The number of ether oxygens (including phenoxy) is 1. The van der Waals surface area contributed by atoms with Crippen molar-refractivity contribution in [2.45, 2.75) is 26.1 Å². The largest absolute Gasteiger partial charge is 0.491 e. The Bertz CT molecular complexity index is 716. The molecule has 0 aliphatic heterocycles. The second-order valence-electron chi connectivity index (χ2n) is 4.79. The van der Waals surface area contributed by atoms with Gasteiger partial charge in [0.25, 0.3) is 5.91 Å². The Morgan fingerprint density at radius 2 is 2.09 bits per heavy atom. The fourth-order valence-electron chi connectivity index (χ4n) is 1.75. The molecule has 0 spiro atoms. The van der Waals surface area contributed by atoms with Crippen LogP contribution in [0.15, 0.2) is 24.3 Å². The Balaban J connectivity index is 2.23. The average molecular weight is 365 g/mol. The van der Waals surface area contributed by atoms with Crippen molar-refractivity contribution in [1.29, 1.82) is 0 Å². The summed E-state index contributed by atoms with van der Waals surface area (Å²) in [7, 11) is 0. The van der Waals surface area contributed by atoms with Gasteiger partial charge in [-0.1, -0.05) is 29.0 Å². The van der Waals surface area contributed by atoms with E-state index in [0.29, 0.717) is 22.8 Å². The molecule has 23 heavy (non-hydrogen) atoms. The summed E-state index contributed by atoms with van der Waals surface area (Å²) >= 11 is 5.98. The quantitative estimate of drug-likeness (QED) is 0.843. The Labute approximate surface area is 139 Å². The maximum Gasteiger partial charge on any atom is 0.435 e. The van der Waals surface area contributed by atoms with Crippen molar-refractivity contribution in [3.05, 3.63) is 39.3 Å². The molecule has 4 nitrogen and oxygen atoms in total. The number of thiazole rings is 1. The topological polar surface area (TPSA) is 51.2 Å². The maximum absolute atomic E-state index is 12.9. The molecule has 0 saturated heterocycles.